The van der Waals surface area contributed by atoms with Gasteiger partial charge in [0.1, 0.15) is 11.9 Å². The first-order chi connectivity index (χ1) is 7.56. The summed E-state index contributed by atoms with van der Waals surface area (Å²) in [7, 11) is 0. The van der Waals surface area contributed by atoms with Gasteiger partial charge in [0.25, 0.3) is 0 Å². The van der Waals surface area contributed by atoms with Crippen molar-refractivity contribution in [1.29, 1.82) is 0 Å². The molecule has 2 aromatic rings. The van der Waals surface area contributed by atoms with Gasteiger partial charge in [0.2, 0.25) is 0 Å². The highest BCUT2D eigenvalue weighted by Crippen LogP contribution is 2.18. The van der Waals surface area contributed by atoms with Gasteiger partial charge in [-0.15, -0.1) is 0 Å². The molecule has 2 rings (SSSR count). The predicted molar refractivity (Wildman–Crippen MR) is 62.0 cm³/mol. The quantitative estimate of drug-likeness (QED) is 0.609. The van der Waals surface area contributed by atoms with Crippen LogP contribution in [-0.2, 0) is 11.2 Å². The van der Waals surface area contributed by atoms with Crippen LogP contribution in [0.2, 0.25) is 0 Å². The fraction of sp³-hybridized carbons (Fsp3) is 0.182. The first kappa shape index (κ1) is 10.5. The number of fused-ring (bicyclic) bond motifs is 1. The van der Waals surface area contributed by atoms with Crippen molar-refractivity contribution >= 4 is 22.7 Å². The van der Waals surface area contributed by atoms with Gasteiger partial charge in [-0.3, -0.25) is 4.79 Å². The summed E-state index contributed by atoms with van der Waals surface area (Å²) >= 11 is 0. The second-order valence-electron chi connectivity index (χ2n) is 3.80. The second-order valence-corrected chi connectivity index (χ2v) is 3.80. The van der Waals surface area contributed by atoms with Crippen molar-refractivity contribution in [2.24, 2.45) is 5.73 Å². The Labute approximate surface area is 92.1 Å². The van der Waals surface area contributed by atoms with E-state index in [0.717, 1.165) is 16.5 Å². The number of hydrogen-bond donors (Lipinski definition) is 4. The number of carboxylic acid groups (broad SMARTS) is 1. The summed E-state index contributed by atoms with van der Waals surface area (Å²) in [6, 6.07) is 6.56. The topological polar surface area (TPSA) is 105 Å². The number of nitrogens with two attached hydrogens (primary N) is 2. The molecular weight excluding hydrogens is 206 g/mol. The SMILES string of the molecule is Nc1cc2cc(C[C@H](N)C(=O)O)ccc2[nH]1. The van der Waals surface area contributed by atoms with Crippen LogP contribution in [0.3, 0.4) is 0 Å². The van der Waals surface area contributed by atoms with Crippen LogP contribution in [0, 0.1) is 0 Å². The van der Waals surface area contributed by atoms with Crippen molar-refractivity contribution in [3.8, 4) is 0 Å². The van der Waals surface area contributed by atoms with Crippen LogP contribution in [0.4, 0.5) is 5.82 Å². The lowest BCUT2D eigenvalue weighted by molar-refractivity contribution is -0.138. The van der Waals surface area contributed by atoms with Gasteiger partial charge in [-0.25, -0.2) is 0 Å². The lowest BCUT2D eigenvalue weighted by Gasteiger charge is -2.06. The minimum atomic E-state index is -0.992. The number of nitrogens with one attached hydrogen (secondary N) is 1. The third-order valence-electron chi connectivity index (χ3n) is 2.48. The van der Waals surface area contributed by atoms with Crippen LogP contribution in [0.15, 0.2) is 24.3 Å². The number of aliphatic carboxylic acids is 1. The maximum atomic E-state index is 10.6. The van der Waals surface area contributed by atoms with E-state index in [1.807, 2.05) is 24.3 Å². The van der Waals surface area contributed by atoms with Gasteiger partial charge in [0, 0.05) is 10.9 Å². The average Bonchev–Trinajstić information content (AvgIpc) is 2.57. The first-order valence-corrected chi connectivity index (χ1v) is 4.92. The van der Waals surface area contributed by atoms with Crippen LogP contribution in [0.5, 0.6) is 0 Å². The molecule has 84 valence electrons. The minimum Gasteiger partial charge on any atom is -0.480 e. The Balaban J connectivity index is 2.28. The number of aromatic amines is 1. The number of carbonyl (C=O) groups is 1. The second kappa shape index (κ2) is 3.86. The van der Waals surface area contributed by atoms with E-state index in [9.17, 15) is 4.79 Å². The molecule has 5 heteroatoms. The molecule has 5 nitrogen and oxygen atoms in total. The smallest absolute Gasteiger partial charge is 0.320 e. The van der Waals surface area contributed by atoms with Crippen LogP contribution in [0.1, 0.15) is 5.56 Å². The summed E-state index contributed by atoms with van der Waals surface area (Å²) in [5, 5.41) is 9.67. The number of H-pyrrole nitrogens is 1. The molecule has 0 bridgehead atoms. The van der Waals surface area contributed by atoms with Crippen molar-refractivity contribution in [3.63, 3.8) is 0 Å². The molecule has 1 heterocycles. The van der Waals surface area contributed by atoms with E-state index in [-0.39, 0.29) is 0 Å². The predicted octanol–water partition coefficient (Wildman–Crippen LogP) is 0.704. The molecule has 16 heavy (non-hydrogen) atoms. The average molecular weight is 219 g/mol. The number of hydrogen-bond acceptors (Lipinski definition) is 3. The van der Waals surface area contributed by atoms with Gasteiger partial charge in [0.15, 0.2) is 0 Å². The Morgan fingerprint density at radius 1 is 1.44 bits per heavy atom. The van der Waals surface area contributed by atoms with Crippen molar-refractivity contribution in [1.82, 2.24) is 4.98 Å². The fourth-order valence-electron chi connectivity index (χ4n) is 1.67. The molecule has 1 aromatic heterocycles. The van der Waals surface area contributed by atoms with E-state index >= 15 is 0 Å². The third-order valence-corrected chi connectivity index (χ3v) is 2.48. The first-order valence-electron chi connectivity index (χ1n) is 4.92. The highest BCUT2D eigenvalue weighted by Gasteiger charge is 2.12. The molecule has 6 N–H and O–H groups in total. The molecule has 0 amide bonds. The number of carboxylic acids is 1. The zero-order valence-electron chi connectivity index (χ0n) is 8.60. The Bertz CT molecular complexity index is 533. The molecule has 1 atom stereocenters. The molecule has 0 aliphatic carbocycles. The van der Waals surface area contributed by atoms with Crippen LogP contribution >= 0.6 is 0 Å². The van der Waals surface area contributed by atoms with Crippen LogP contribution in [-0.4, -0.2) is 22.1 Å². The Hall–Kier alpha value is -2.01. The summed E-state index contributed by atoms with van der Waals surface area (Å²) in [6.45, 7) is 0. The third kappa shape index (κ3) is 1.99. The van der Waals surface area contributed by atoms with E-state index < -0.39 is 12.0 Å². The van der Waals surface area contributed by atoms with Gasteiger partial charge < -0.3 is 21.6 Å². The van der Waals surface area contributed by atoms with Gasteiger partial charge in [-0.1, -0.05) is 6.07 Å². The highest BCUT2D eigenvalue weighted by molar-refractivity contribution is 5.84. The molecule has 0 radical (unpaired) electrons. The Morgan fingerprint density at radius 2 is 2.19 bits per heavy atom. The van der Waals surface area contributed by atoms with Crippen molar-refractivity contribution < 1.29 is 9.90 Å². The molecule has 0 aliphatic rings. The summed E-state index contributed by atoms with van der Waals surface area (Å²) in [5.41, 5.74) is 12.9. The van der Waals surface area contributed by atoms with Gasteiger partial charge in [-0.2, -0.15) is 0 Å². The monoisotopic (exact) mass is 219 g/mol. The number of anilines is 1. The van der Waals surface area contributed by atoms with Gasteiger partial charge >= 0.3 is 5.97 Å². The molecule has 0 fully saturated rings. The van der Waals surface area contributed by atoms with Crippen LogP contribution < -0.4 is 11.5 Å². The molecule has 1 aromatic carbocycles. The number of rotatable bonds is 3. The lowest BCUT2D eigenvalue weighted by Crippen LogP contribution is -2.32. The summed E-state index contributed by atoms with van der Waals surface area (Å²) < 4.78 is 0. The summed E-state index contributed by atoms with van der Waals surface area (Å²) in [4.78, 5) is 13.6. The van der Waals surface area contributed by atoms with Crippen molar-refractivity contribution in [3.05, 3.63) is 29.8 Å². The minimum absolute atomic E-state index is 0.316. The normalized spacial score (nSPS) is 12.8. The van der Waals surface area contributed by atoms with E-state index in [2.05, 4.69) is 4.98 Å². The largest absolute Gasteiger partial charge is 0.480 e. The van der Waals surface area contributed by atoms with E-state index in [0.29, 0.717) is 12.2 Å². The lowest BCUT2D eigenvalue weighted by atomic mass is 10.1. The van der Waals surface area contributed by atoms with E-state index in [4.69, 9.17) is 16.6 Å². The van der Waals surface area contributed by atoms with Gasteiger partial charge in [-0.05, 0) is 30.2 Å². The van der Waals surface area contributed by atoms with E-state index in [1.54, 1.807) is 0 Å². The number of aromatic nitrogens is 1. The van der Waals surface area contributed by atoms with Gasteiger partial charge in [0.05, 0.1) is 0 Å². The molecular formula is C11H13N3O2. The van der Waals surface area contributed by atoms with E-state index in [1.165, 1.54) is 0 Å². The zero-order chi connectivity index (χ0) is 11.7. The highest BCUT2D eigenvalue weighted by atomic mass is 16.4. The zero-order valence-corrected chi connectivity index (χ0v) is 8.60. The number of benzene rings is 1. The van der Waals surface area contributed by atoms with Crippen LogP contribution in [0.25, 0.3) is 10.9 Å². The number of nitrogen functional groups attached to an aromatic ring is 1. The van der Waals surface area contributed by atoms with Crippen molar-refractivity contribution in [2.45, 2.75) is 12.5 Å². The Morgan fingerprint density at radius 3 is 2.88 bits per heavy atom. The molecule has 0 saturated heterocycles. The molecule has 0 unspecified atom stereocenters. The fourth-order valence-corrected chi connectivity index (χ4v) is 1.67. The maximum absolute atomic E-state index is 10.6. The molecule has 0 aliphatic heterocycles. The molecule has 0 saturated carbocycles. The standard InChI is InChI=1S/C11H13N3O2/c12-8(11(15)16)4-6-1-2-9-7(3-6)5-10(13)14-9/h1-3,5,8,14H,4,12-13H2,(H,15,16)/t8-/m0/s1. The summed E-state index contributed by atoms with van der Waals surface area (Å²) in [5.74, 6) is -0.400. The maximum Gasteiger partial charge on any atom is 0.320 e. The summed E-state index contributed by atoms with van der Waals surface area (Å²) in [6.07, 6.45) is 0.316. The Kier molecular flexibility index (Phi) is 2.54. The molecule has 0 spiro atoms. The van der Waals surface area contributed by atoms with Crippen molar-refractivity contribution in [2.75, 3.05) is 5.73 Å².